The number of aliphatic hydroxyl groups excluding tert-OH is 1. The van der Waals surface area contributed by atoms with Crippen LogP contribution in [0.3, 0.4) is 0 Å². The van der Waals surface area contributed by atoms with Crippen LogP contribution in [0.15, 0.2) is 30.3 Å². The van der Waals surface area contributed by atoms with Gasteiger partial charge in [0.05, 0.1) is 6.10 Å². The Morgan fingerprint density at radius 2 is 1.88 bits per heavy atom. The molecule has 0 radical (unpaired) electrons. The van der Waals surface area contributed by atoms with E-state index in [0.717, 1.165) is 32.4 Å². The molecule has 1 heterocycles. The summed E-state index contributed by atoms with van der Waals surface area (Å²) >= 11 is 0. The number of carbonyl (C=O) groups excluding carboxylic acids is 2. The van der Waals surface area contributed by atoms with Gasteiger partial charge in [-0.3, -0.25) is 9.59 Å². The first kappa shape index (κ1) is 17.9. The molecule has 1 aliphatic carbocycles. The van der Waals surface area contributed by atoms with Gasteiger partial charge in [-0.05, 0) is 37.7 Å². The Morgan fingerprint density at radius 3 is 2.60 bits per heavy atom. The molecule has 1 atom stereocenters. The van der Waals surface area contributed by atoms with Crippen molar-refractivity contribution in [2.24, 2.45) is 11.8 Å². The van der Waals surface area contributed by atoms with E-state index in [1.54, 1.807) is 0 Å². The number of nitrogens with zero attached hydrogens (tertiary/aromatic N) is 1. The minimum atomic E-state index is -0.241. The summed E-state index contributed by atoms with van der Waals surface area (Å²) in [4.78, 5) is 26.3. The highest BCUT2D eigenvalue weighted by atomic mass is 16.3. The summed E-state index contributed by atoms with van der Waals surface area (Å²) in [6.45, 7) is 2.05. The third kappa shape index (κ3) is 5.05. The number of benzene rings is 1. The van der Waals surface area contributed by atoms with Crippen molar-refractivity contribution in [3.63, 3.8) is 0 Å². The van der Waals surface area contributed by atoms with Gasteiger partial charge < -0.3 is 15.3 Å². The van der Waals surface area contributed by atoms with Crippen molar-refractivity contribution >= 4 is 11.8 Å². The molecule has 2 N–H and O–H groups in total. The van der Waals surface area contributed by atoms with Crippen LogP contribution in [-0.4, -0.2) is 47.6 Å². The Morgan fingerprint density at radius 1 is 1.16 bits per heavy atom. The van der Waals surface area contributed by atoms with E-state index < -0.39 is 0 Å². The van der Waals surface area contributed by atoms with E-state index in [1.165, 1.54) is 5.56 Å². The maximum absolute atomic E-state index is 12.2. The summed E-state index contributed by atoms with van der Waals surface area (Å²) in [5, 5.41) is 12.6. The molecule has 1 saturated heterocycles. The fourth-order valence-electron chi connectivity index (χ4n) is 3.84. The van der Waals surface area contributed by atoms with Crippen LogP contribution in [0.2, 0.25) is 0 Å². The molecule has 2 fully saturated rings. The quantitative estimate of drug-likeness (QED) is 0.826. The molecule has 5 nitrogen and oxygen atoms in total. The predicted molar refractivity (Wildman–Crippen MR) is 95.8 cm³/mol. The predicted octanol–water partition coefficient (Wildman–Crippen LogP) is 1.74. The first-order valence-electron chi connectivity index (χ1n) is 9.39. The fourth-order valence-corrected chi connectivity index (χ4v) is 3.84. The topological polar surface area (TPSA) is 69.6 Å². The lowest BCUT2D eigenvalue weighted by Crippen LogP contribution is -2.37. The molecule has 2 amide bonds. The number of amides is 2. The lowest BCUT2D eigenvalue weighted by molar-refractivity contribution is -0.128. The number of hydrogen-bond donors (Lipinski definition) is 2. The lowest BCUT2D eigenvalue weighted by Gasteiger charge is -2.25. The zero-order valence-corrected chi connectivity index (χ0v) is 14.7. The van der Waals surface area contributed by atoms with E-state index in [-0.39, 0.29) is 29.8 Å². The highest BCUT2D eigenvalue weighted by Crippen LogP contribution is 2.24. The molecule has 0 unspecified atom stereocenters. The van der Waals surface area contributed by atoms with Gasteiger partial charge in [-0.15, -0.1) is 0 Å². The molecule has 3 rings (SSSR count). The summed E-state index contributed by atoms with van der Waals surface area (Å²) in [7, 11) is 0. The number of carbonyl (C=O) groups is 2. The summed E-state index contributed by atoms with van der Waals surface area (Å²) in [5.41, 5.74) is 1.24. The smallest absolute Gasteiger partial charge is 0.223 e. The molecular weight excluding hydrogens is 316 g/mol. The molecule has 25 heavy (non-hydrogen) atoms. The molecular formula is C20H28N2O3. The standard InChI is InChI=1S/C20H28N2O3/c23-18-8-6-17(7-9-18)20(25)21-13-16-12-19(24)22(14-16)11-10-15-4-2-1-3-5-15/h1-5,16-18,23H,6-14H2,(H,21,25)/t16-,17?,18?/m0/s1. The Hall–Kier alpha value is -1.88. The molecule has 136 valence electrons. The maximum atomic E-state index is 12.2. The van der Waals surface area contributed by atoms with Crippen molar-refractivity contribution in [1.29, 1.82) is 0 Å². The summed E-state index contributed by atoms with van der Waals surface area (Å²) in [6.07, 6.45) is 4.11. The summed E-state index contributed by atoms with van der Waals surface area (Å²) in [6, 6.07) is 10.2. The minimum Gasteiger partial charge on any atom is -0.393 e. The van der Waals surface area contributed by atoms with Crippen LogP contribution in [0.4, 0.5) is 0 Å². The average Bonchev–Trinajstić information content (AvgIpc) is 2.99. The van der Waals surface area contributed by atoms with Gasteiger partial charge in [0.1, 0.15) is 0 Å². The van der Waals surface area contributed by atoms with Crippen molar-refractivity contribution < 1.29 is 14.7 Å². The highest BCUT2D eigenvalue weighted by molar-refractivity contribution is 5.80. The van der Waals surface area contributed by atoms with Crippen molar-refractivity contribution in [1.82, 2.24) is 10.2 Å². The first-order chi connectivity index (χ1) is 12.1. The Balaban J connectivity index is 1.39. The summed E-state index contributed by atoms with van der Waals surface area (Å²) in [5.74, 6) is 0.508. The second kappa shape index (κ2) is 8.48. The van der Waals surface area contributed by atoms with Crippen LogP contribution in [0.5, 0.6) is 0 Å². The van der Waals surface area contributed by atoms with Crippen LogP contribution in [0.1, 0.15) is 37.7 Å². The van der Waals surface area contributed by atoms with E-state index >= 15 is 0 Å². The maximum Gasteiger partial charge on any atom is 0.223 e. The second-order valence-corrected chi connectivity index (χ2v) is 7.40. The van der Waals surface area contributed by atoms with Crippen molar-refractivity contribution in [2.75, 3.05) is 19.6 Å². The Labute approximate surface area is 149 Å². The Kier molecular flexibility index (Phi) is 6.08. The normalized spacial score (nSPS) is 26.7. The summed E-state index contributed by atoms with van der Waals surface area (Å²) < 4.78 is 0. The molecule has 2 aliphatic rings. The molecule has 5 heteroatoms. The molecule has 0 spiro atoms. The van der Waals surface area contributed by atoms with Crippen molar-refractivity contribution in [3.8, 4) is 0 Å². The van der Waals surface area contributed by atoms with Crippen LogP contribution >= 0.6 is 0 Å². The zero-order chi connectivity index (χ0) is 17.6. The van der Waals surface area contributed by atoms with E-state index in [0.29, 0.717) is 25.8 Å². The average molecular weight is 344 g/mol. The molecule has 0 bridgehead atoms. The first-order valence-corrected chi connectivity index (χ1v) is 9.39. The number of aliphatic hydroxyl groups is 1. The largest absolute Gasteiger partial charge is 0.393 e. The molecule has 1 aromatic carbocycles. The van der Waals surface area contributed by atoms with Crippen LogP contribution in [0, 0.1) is 11.8 Å². The van der Waals surface area contributed by atoms with Gasteiger partial charge in [-0.2, -0.15) is 0 Å². The number of rotatable bonds is 6. The third-order valence-corrected chi connectivity index (χ3v) is 5.44. The molecule has 1 aromatic rings. The minimum absolute atomic E-state index is 0.0229. The highest BCUT2D eigenvalue weighted by Gasteiger charge is 2.30. The number of hydrogen-bond acceptors (Lipinski definition) is 3. The van der Waals surface area contributed by atoms with Crippen molar-refractivity contribution in [3.05, 3.63) is 35.9 Å². The zero-order valence-electron chi connectivity index (χ0n) is 14.7. The molecule has 1 aliphatic heterocycles. The Bertz CT molecular complexity index is 582. The van der Waals surface area contributed by atoms with Crippen LogP contribution in [-0.2, 0) is 16.0 Å². The van der Waals surface area contributed by atoms with Gasteiger partial charge in [0.25, 0.3) is 0 Å². The number of likely N-dealkylation sites (tertiary alicyclic amines) is 1. The molecule has 0 aromatic heterocycles. The van der Waals surface area contributed by atoms with E-state index in [4.69, 9.17) is 0 Å². The van der Waals surface area contributed by atoms with E-state index in [1.807, 2.05) is 23.1 Å². The van der Waals surface area contributed by atoms with Crippen molar-refractivity contribution in [2.45, 2.75) is 44.6 Å². The van der Waals surface area contributed by atoms with Crippen LogP contribution in [0.25, 0.3) is 0 Å². The van der Waals surface area contributed by atoms with Gasteiger partial charge in [0.15, 0.2) is 0 Å². The van der Waals surface area contributed by atoms with Gasteiger partial charge in [-0.25, -0.2) is 0 Å². The third-order valence-electron chi connectivity index (χ3n) is 5.44. The van der Waals surface area contributed by atoms with Gasteiger partial charge in [0.2, 0.25) is 11.8 Å². The second-order valence-electron chi connectivity index (χ2n) is 7.40. The fraction of sp³-hybridized carbons (Fsp3) is 0.600. The lowest BCUT2D eigenvalue weighted by atomic mass is 9.87. The molecule has 1 saturated carbocycles. The number of nitrogens with one attached hydrogen (secondary N) is 1. The SMILES string of the molecule is O=C(NC[C@@H]1CC(=O)N(CCc2ccccc2)C1)C1CCC(O)CC1. The van der Waals surface area contributed by atoms with Gasteiger partial charge in [-0.1, -0.05) is 30.3 Å². The van der Waals surface area contributed by atoms with E-state index in [2.05, 4.69) is 17.4 Å². The van der Waals surface area contributed by atoms with Gasteiger partial charge >= 0.3 is 0 Å². The van der Waals surface area contributed by atoms with E-state index in [9.17, 15) is 14.7 Å². The van der Waals surface area contributed by atoms with Crippen LogP contribution < -0.4 is 5.32 Å². The van der Waals surface area contributed by atoms with Gasteiger partial charge in [0, 0.05) is 37.9 Å². The monoisotopic (exact) mass is 344 g/mol.